The summed E-state index contributed by atoms with van der Waals surface area (Å²) in [4.78, 5) is 4.54. The van der Waals surface area contributed by atoms with Crippen molar-refractivity contribution in [3.05, 3.63) is 23.9 Å². The number of nitrogens with one attached hydrogen (secondary N) is 1. The third kappa shape index (κ3) is 4.50. The van der Waals surface area contributed by atoms with Crippen molar-refractivity contribution in [2.45, 2.75) is 59.2 Å². The van der Waals surface area contributed by atoms with Gasteiger partial charge in [-0.2, -0.15) is 0 Å². The molecule has 1 aliphatic rings. The highest BCUT2D eigenvalue weighted by molar-refractivity contribution is 5.34. The summed E-state index contributed by atoms with van der Waals surface area (Å²) in [6, 6.07) is 6.07. The molecular formula is C16H26N2O. The third-order valence-corrected chi connectivity index (χ3v) is 3.92. The quantitative estimate of drug-likeness (QED) is 0.871. The molecule has 0 radical (unpaired) electrons. The van der Waals surface area contributed by atoms with Crippen LogP contribution in [-0.4, -0.2) is 17.6 Å². The summed E-state index contributed by atoms with van der Waals surface area (Å²) in [6.07, 6.45) is 5.31. The molecular weight excluding hydrogens is 236 g/mol. The molecule has 106 valence electrons. The molecule has 1 fully saturated rings. The second-order valence-electron chi connectivity index (χ2n) is 6.22. The Labute approximate surface area is 116 Å². The van der Waals surface area contributed by atoms with E-state index in [1.807, 2.05) is 18.2 Å². The molecule has 1 N–H and O–H groups in total. The molecule has 1 saturated carbocycles. The lowest BCUT2D eigenvalue weighted by molar-refractivity contribution is -0.00683. The van der Waals surface area contributed by atoms with E-state index in [2.05, 4.69) is 31.1 Å². The van der Waals surface area contributed by atoms with Crippen molar-refractivity contribution in [1.29, 1.82) is 0 Å². The van der Waals surface area contributed by atoms with E-state index in [4.69, 9.17) is 4.74 Å². The molecule has 19 heavy (non-hydrogen) atoms. The van der Waals surface area contributed by atoms with Crippen LogP contribution in [0.25, 0.3) is 0 Å². The fraction of sp³-hybridized carbons (Fsp3) is 0.688. The second-order valence-corrected chi connectivity index (χ2v) is 6.22. The first-order valence-corrected chi connectivity index (χ1v) is 7.40. The monoisotopic (exact) mass is 262 g/mol. The zero-order valence-electron chi connectivity index (χ0n) is 12.4. The summed E-state index contributed by atoms with van der Waals surface area (Å²) < 4.78 is 6.01. The zero-order chi connectivity index (χ0) is 13.7. The molecule has 0 unspecified atom stereocenters. The van der Waals surface area contributed by atoms with Crippen molar-refractivity contribution in [3.8, 4) is 0 Å². The van der Waals surface area contributed by atoms with Gasteiger partial charge in [0.1, 0.15) is 5.82 Å². The number of nitrogens with zero attached hydrogens (tertiary/aromatic N) is 1. The van der Waals surface area contributed by atoms with Gasteiger partial charge < -0.3 is 10.1 Å². The van der Waals surface area contributed by atoms with Crippen LogP contribution in [0.2, 0.25) is 0 Å². The Morgan fingerprint density at radius 2 is 2.05 bits per heavy atom. The average Bonchev–Trinajstić information content (AvgIpc) is 2.38. The number of hydrogen-bond donors (Lipinski definition) is 1. The largest absolute Gasteiger partial charge is 0.372 e. The van der Waals surface area contributed by atoms with Crippen LogP contribution in [0.4, 0.5) is 5.82 Å². The number of aromatic nitrogens is 1. The second kappa shape index (κ2) is 6.38. The Morgan fingerprint density at radius 3 is 2.74 bits per heavy atom. The highest BCUT2D eigenvalue weighted by Gasteiger charge is 2.27. The van der Waals surface area contributed by atoms with Crippen molar-refractivity contribution in [1.82, 2.24) is 4.98 Å². The minimum atomic E-state index is 0.414. The van der Waals surface area contributed by atoms with E-state index in [9.17, 15) is 0 Å². The molecule has 0 bridgehead atoms. The highest BCUT2D eigenvalue weighted by Crippen LogP contribution is 2.36. The molecule has 1 aromatic rings. The Hall–Kier alpha value is -1.09. The van der Waals surface area contributed by atoms with Crippen LogP contribution in [-0.2, 0) is 11.3 Å². The van der Waals surface area contributed by atoms with Gasteiger partial charge in [-0.1, -0.05) is 19.9 Å². The van der Waals surface area contributed by atoms with Crippen LogP contribution in [0.3, 0.4) is 0 Å². The molecule has 3 nitrogen and oxygen atoms in total. The van der Waals surface area contributed by atoms with Gasteiger partial charge in [-0.15, -0.1) is 0 Å². The fourth-order valence-electron chi connectivity index (χ4n) is 2.58. The van der Waals surface area contributed by atoms with Crippen LogP contribution < -0.4 is 5.32 Å². The van der Waals surface area contributed by atoms with Crippen molar-refractivity contribution in [3.63, 3.8) is 0 Å². The number of rotatable bonds is 5. The van der Waals surface area contributed by atoms with E-state index in [0.717, 1.165) is 18.1 Å². The first-order valence-electron chi connectivity index (χ1n) is 7.40. The number of ether oxygens (including phenoxy) is 1. The van der Waals surface area contributed by atoms with Gasteiger partial charge >= 0.3 is 0 Å². The SMILES string of the molecule is CCNc1cccc(COC2CCC(C)(C)CC2)n1. The van der Waals surface area contributed by atoms with Gasteiger partial charge in [0.15, 0.2) is 0 Å². The minimum Gasteiger partial charge on any atom is -0.372 e. The lowest BCUT2D eigenvalue weighted by Crippen LogP contribution is -2.26. The van der Waals surface area contributed by atoms with Crippen LogP contribution in [0.1, 0.15) is 52.1 Å². The molecule has 0 atom stereocenters. The number of hydrogen-bond acceptors (Lipinski definition) is 3. The minimum absolute atomic E-state index is 0.414. The van der Waals surface area contributed by atoms with Gasteiger partial charge in [-0.25, -0.2) is 4.98 Å². The molecule has 1 aromatic heterocycles. The fourth-order valence-corrected chi connectivity index (χ4v) is 2.58. The summed E-state index contributed by atoms with van der Waals surface area (Å²) in [5, 5.41) is 3.23. The normalized spacial score (nSPS) is 19.3. The van der Waals surface area contributed by atoms with Crippen LogP contribution >= 0.6 is 0 Å². The predicted molar refractivity (Wildman–Crippen MR) is 79.2 cm³/mol. The molecule has 1 aliphatic carbocycles. The van der Waals surface area contributed by atoms with Gasteiger partial charge in [-0.05, 0) is 50.2 Å². The van der Waals surface area contributed by atoms with E-state index in [-0.39, 0.29) is 0 Å². The van der Waals surface area contributed by atoms with Crippen LogP contribution in [0, 0.1) is 5.41 Å². The molecule has 0 aliphatic heterocycles. The van der Waals surface area contributed by atoms with Crippen molar-refractivity contribution in [2.75, 3.05) is 11.9 Å². The van der Waals surface area contributed by atoms with E-state index >= 15 is 0 Å². The molecule has 2 rings (SSSR count). The molecule has 0 spiro atoms. The maximum Gasteiger partial charge on any atom is 0.126 e. The van der Waals surface area contributed by atoms with E-state index in [1.54, 1.807) is 0 Å². The molecule has 0 amide bonds. The Morgan fingerprint density at radius 1 is 1.32 bits per heavy atom. The topological polar surface area (TPSA) is 34.1 Å². The smallest absolute Gasteiger partial charge is 0.126 e. The number of pyridine rings is 1. The molecule has 0 saturated heterocycles. The van der Waals surface area contributed by atoms with E-state index in [1.165, 1.54) is 25.7 Å². The number of anilines is 1. The van der Waals surface area contributed by atoms with Gasteiger partial charge in [0.25, 0.3) is 0 Å². The predicted octanol–water partition coefficient (Wildman–Crippen LogP) is 4.00. The summed E-state index contributed by atoms with van der Waals surface area (Å²) in [7, 11) is 0. The maximum atomic E-state index is 6.01. The lowest BCUT2D eigenvalue weighted by Gasteiger charge is -2.34. The van der Waals surface area contributed by atoms with E-state index < -0.39 is 0 Å². The first kappa shape index (κ1) is 14.3. The van der Waals surface area contributed by atoms with Crippen LogP contribution in [0.5, 0.6) is 0 Å². The van der Waals surface area contributed by atoms with Crippen molar-refractivity contribution in [2.24, 2.45) is 5.41 Å². The van der Waals surface area contributed by atoms with Gasteiger partial charge in [0, 0.05) is 6.54 Å². The summed E-state index contributed by atoms with van der Waals surface area (Å²) in [5.74, 6) is 0.938. The molecule has 1 heterocycles. The Balaban J connectivity index is 1.81. The highest BCUT2D eigenvalue weighted by atomic mass is 16.5. The Kier molecular flexibility index (Phi) is 4.81. The average molecular weight is 262 g/mol. The van der Waals surface area contributed by atoms with Crippen molar-refractivity contribution >= 4 is 5.82 Å². The van der Waals surface area contributed by atoms with Gasteiger partial charge in [-0.3, -0.25) is 0 Å². The molecule has 3 heteroatoms. The van der Waals surface area contributed by atoms with Gasteiger partial charge in [0.05, 0.1) is 18.4 Å². The summed E-state index contributed by atoms with van der Waals surface area (Å²) in [6.45, 7) is 8.31. The Bertz CT molecular complexity index is 393. The van der Waals surface area contributed by atoms with Gasteiger partial charge in [0.2, 0.25) is 0 Å². The summed E-state index contributed by atoms with van der Waals surface area (Å²) >= 11 is 0. The van der Waals surface area contributed by atoms with Crippen molar-refractivity contribution < 1.29 is 4.74 Å². The maximum absolute atomic E-state index is 6.01. The lowest BCUT2D eigenvalue weighted by atomic mass is 9.76. The zero-order valence-corrected chi connectivity index (χ0v) is 12.4. The third-order valence-electron chi connectivity index (χ3n) is 3.92. The standard InChI is InChI=1S/C16H26N2O/c1-4-17-15-7-5-6-13(18-15)12-19-14-8-10-16(2,3)11-9-14/h5-7,14H,4,8-12H2,1-3H3,(H,17,18). The van der Waals surface area contributed by atoms with Crippen LogP contribution in [0.15, 0.2) is 18.2 Å². The molecule has 0 aromatic carbocycles. The first-order chi connectivity index (χ1) is 9.09. The summed E-state index contributed by atoms with van der Waals surface area (Å²) in [5.41, 5.74) is 1.52. The van der Waals surface area contributed by atoms with E-state index in [0.29, 0.717) is 18.1 Å².